The molecule has 1 heterocycles. The lowest BCUT2D eigenvalue weighted by molar-refractivity contribution is 0.0954. The maximum Gasteiger partial charge on any atom is 0.323 e. The number of amides is 3. The summed E-state index contributed by atoms with van der Waals surface area (Å²) in [7, 11) is 1.69. The fraction of sp³-hybridized carbons (Fsp3) is 0.286. The molecule has 194 valence electrons. The van der Waals surface area contributed by atoms with Crippen LogP contribution < -0.4 is 30.5 Å². The van der Waals surface area contributed by atoms with E-state index in [0.717, 1.165) is 54.2 Å². The minimum atomic E-state index is -0.379. The Balaban J connectivity index is 1.50. The normalized spacial score (nSPS) is 13.2. The third-order valence-electron chi connectivity index (χ3n) is 6.16. The van der Waals surface area contributed by atoms with Gasteiger partial charge in [-0.1, -0.05) is 41.1 Å². The second-order valence-electron chi connectivity index (χ2n) is 8.72. The largest absolute Gasteiger partial charge is 0.495 e. The molecule has 0 spiro atoms. The molecule has 0 aliphatic carbocycles. The van der Waals surface area contributed by atoms with Crippen molar-refractivity contribution < 1.29 is 14.3 Å². The molecule has 3 aromatic rings. The summed E-state index contributed by atoms with van der Waals surface area (Å²) in [6.45, 7) is 5.70. The van der Waals surface area contributed by atoms with E-state index in [9.17, 15) is 9.59 Å². The zero-order valence-corrected chi connectivity index (χ0v) is 22.7. The van der Waals surface area contributed by atoms with E-state index in [4.69, 9.17) is 4.74 Å². The Kier molecular flexibility index (Phi) is 8.90. The first kappa shape index (κ1) is 26.3. The summed E-state index contributed by atoms with van der Waals surface area (Å²) in [4.78, 5) is 30.2. The predicted octanol–water partition coefficient (Wildman–Crippen LogP) is 5.57. The maximum absolute atomic E-state index is 13.1. The molecular formula is C28H32BrN5O3. The van der Waals surface area contributed by atoms with E-state index in [1.165, 1.54) is 0 Å². The summed E-state index contributed by atoms with van der Waals surface area (Å²) in [6, 6.07) is 20.5. The van der Waals surface area contributed by atoms with Crippen molar-refractivity contribution in [3.8, 4) is 5.75 Å². The molecule has 4 rings (SSSR count). The molecule has 3 aromatic carbocycles. The van der Waals surface area contributed by atoms with Crippen molar-refractivity contribution in [3.63, 3.8) is 0 Å². The molecule has 3 amide bonds. The first-order valence-electron chi connectivity index (χ1n) is 12.4. The number of hydrogen-bond donors (Lipinski definition) is 3. The molecule has 1 fully saturated rings. The number of benzene rings is 3. The number of rotatable bonds is 8. The number of ether oxygens (including phenoxy) is 1. The average molecular weight is 566 g/mol. The van der Waals surface area contributed by atoms with Crippen molar-refractivity contribution in [2.45, 2.75) is 13.3 Å². The second-order valence-corrected chi connectivity index (χ2v) is 9.64. The zero-order valence-electron chi connectivity index (χ0n) is 21.1. The van der Waals surface area contributed by atoms with Crippen LogP contribution in [0, 0.1) is 0 Å². The first-order chi connectivity index (χ1) is 18.0. The number of anilines is 4. The minimum absolute atomic E-state index is 0.153. The Morgan fingerprint density at radius 2 is 1.54 bits per heavy atom. The highest BCUT2D eigenvalue weighted by Gasteiger charge is 2.23. The molecule has 1 aliphatic rings. The maximum atomic E-state index is 13.1. The molecular weight excluding hydrogens is 534 g/mol. The van der Waals surface area contributed by atoms with Gasteiger partial charge in [0.05, 0.1) is 18.4 Å². The third kappa shape index (κ3) is 6.74. The molecule has 0 aromatic heterocycles. The smallest absolute Gasteiger partial charge is 0.323 e. The lowest BCUT2D eigenvalue weighted by atomic mass is 10.1. The summed E-state index contributed by atoms with van der Waals surface area (Å²) in [6.07, 6.45) is 0.839. The van der Waals surface area contributed by atoms with Crippen molar-refractivity contribution in [1.82, 2.24) is 5.32 Å². The number of methoxy groups -OCH3 is 1. The fourth-order valence-corrected chi connectivity index (χ4v) is 4.74. The summed E-state index contributed by atoms with van der Waals surface area (Å²) >= 11 is 3.40. The van der Waals surface area contributed by atoms with Gasteiger partial charge in [-0.3, -0.25) is 4.79 Å². The van der Waals surface area contributed by atoms with E-state index in [1.54, 1.807) is 13.2 Å². The molecule has 1 aliphatic heterocycles. The van der Waals surface area contributed by atoms with Gasteiger partial charge in [0, 0.05) is 54.3 Å². The molecule has 0 radical (unpaired) electrons. The van der Waals surface area contributed by atoms with Gasteiger partial charge in [-0.15, -0.1) is 0 Å². The topological polar surface area (TPSA) is 85.9 Å². The van der Waals surface area contributed by atoms with Crippen molar-refractivity contribution in [1.29, 1.82) is 0 Å². The monoisotopic (exact) mass is 565 g/mol. The van der Waals surface area contributed by atoms with Crippen LogP contribution in [0.2, 0.25) is 0 Å². The lowest BCUT2D eigenvalue weighted by Gasteiger charge is -2.38. The number of hydrogen-bond acceptors (Lipinski definition) is 5. The number of carbonyl (C=O) groups is 2. The number of urea groups is 1. The molecule has 37 heavy (non-hydrogen) atoms. The highest BCUT2D eigenvalue weighted by molar-refractivity contribution is 9.10. The molecule has 0 saturated carbocycles. The zero-order chi connectivity index (χ0) is 26.2. The highest BCUT2D eigenvalue weighted by atomic mass is 79.9. The number of nitrogens with zero attached hydrogens (tertiary/aromatic N) is 2. The van der Waals surface area contributed by atoms with Crippen LogP contribution in [0.25, 0.3) is 0 Å². The van der Waals surface area contributed by atoms with Crippen molar-refractivity contribution in [2.75, 3.05) is 60.3 Å². The van der Waals surface area contributed by atoms with Crippen LogP contribution >= 0.6 is 15.9 Å². The van der Waals surface area contributed by atoms with Crippen molar-refractivity contribution in [2.24, 2.45) is 0 Å². The van der Waals surface area contributed by atoms with Crippen LogP contribution in [-0.2, 0) is 0 Å². The van der Waals surface area contributed by atoms with Gasteiger partial charge in [-0.25, -0.2) is 4.79 Å². The quantitative estimate of drug-likeness (QED) is 0.332. The van der Waals surface area contributed by atoms with E-state index < -0.39 is 0 Å². The van der Waals surface area contributed by atoms with E-state index in [0.29, 0.717) is 23.5 Å². The Morgan fingerprint density at radius 3 is 2.22 bits per heavy atom. The Morgan fingerprint density at radius 1 is 0.865 bits per heavy atom. The van der Waals surface area contributed by atoms with Gasteiger partial charge in [0.25, 0.3) is 5.91 Å². The summed E-state index contributed by atoms with van der Waals surface area (Å²) < 4.78 is 6.41. The minimum Gasteiger partial charge on any atom is -0.495 e. The van der Waals surface area contributed by atoms with Crippen LogP contribution in [0.4, 0.5) is 27.5 Å². The van der Waals surface area contributed by atoms with Gasteiger partial charge in [-0.2, -0.15) is 0 Å². The number of halogens is 1. The van der Waals surface area contributed by atoms with Gasteiger partial charge >= 0.3 is 6.03 Å². The SMILES string of the molecule is CCCNC(=O)c1cc(NC(=O)Nc2cccc(Br)c2)ccc1N1CCN(c2ccccc2OC)CC1. The fourth-order valence-electron chi connectivity index (χ4n) is 4.34. The van der Waals surface area contributed by atoms with Crippen LogP contribution in [0.15, 0.2) is 71.2 Å². The van der Waals surface area contributed by atoms with Crippen LogP contribution in [0.1, 0.15) is 23.7 Å². The number of piperazine rings is 1. The van der Waals surface area contributed by atoms with Crippen molar-refractivity contribution >= 4 is 50.6 Å². The number of nitrogens with one attached hydrogen (secondary N) is 3. The Hall–Kier alpha value is -3.72. The van der Waals surface area contributed by atoms with Crippen molar-refractivity contribution in [3.05, 3.63) is 76.8 Å². The molecule has 0 atom stereocenters. The van der Waals surface area contributed by atoms with Crippen LogP contribution in [0.3, 0.4) is 0 Å². The Bertz CT molecular complexity index is 1240. The van der Waals surface area contributed by atoms with E-state index in [1.807, 2.05) is 61.5 Å². The van der Waals surface area contributed by atoms with E-state index in [2.05, 4.69) is 47.7 Å². The molecule has 0 bridgehead atoms. The predicted molar refractivity (Wildman–Crippen MR) is 153 cm³/mol. The standard InChI is InChI=1S/C28H32BrN5O3/c1-3-13-30-27(35)23-19-22(32-28(36)31-21-8-6-7-20(29)18-21)11-12-24(23)33-14-16-34(17-15-33)25-9-4-5-10-26(25)37-2/h4-12,18-19H,3,13-17H2,1-2H3,(H,30,35)(H2,31,32,36). The van der Waals surface area contributed by atoms with Gasteiger partial charge in [0.1, 0.15) is 5.75 Å². The molecule has 1 saturated heterocycles. The third-order valence-corrected chi connectivity index (χ3v) is 6.66. The van der Waals surface area contributed by atoms with Gasteiger partial charge in [0.2, 0.25) is 0 Å². The second kappa shape index (κ2) is 12.5. The van der Waals surface area contributed by atoms with Gasteiger partial charge < -0.3 is 30.5 Å². The van der Waals surface area contributed by atoms with E-state index >= 15 is 0 Å². The number of carbonyl (C=O) groups excluding carboxylic acids is 2. The summed E-state index contributed by atoms with van der Waals surface area (Å²) in [5.41, 5.74) is 3.68. The van der Waals surface area contributed by atoms with E-state index in [-0.39, 0.29) is 11.9 Å². The van der Waals surface area contributed by atoms with Crippen LogP contribution in [0.5, 0.6) is 5.75 Å². The van der Waals surface area contributed by atoms with Crippen LogP contribution in [-0.4, -0.2) is 51.8 Å². The van der Waals surface area contributed by atoms with Gasteiger partial charge in [0.15, 0.2) is 0 Å². The highest BCUT2D eigenvalue weighted by Crippen LogP contribution is 2.31. The molecule has 8 nitrogen and oxygen atoms in total. The lowest BCUT2D eigenvalue weighted by Crippen LogP contribution is -2.47. The summed E-state index contributed by atoms with van der Waals surface area (Å²) in [5.74, 6) is 0.701. The molecule has 9 heteroatoms. The number of para-hydroxylation sites is 2. The first-order valence-corrected chi connectivity index (χ1v) is 13.2. The molecule has 3 N–H and O–H groups in total. The summed E-state index contributed by atoms with van der Waals surface area (Å²) in [5, 5.41) is 8.64. The van der Waals surface area contributed by atoms with Gasteiger partial charge in [-0.05, 0) is 55.0 Å². The average Bonchev–Trinajstić information content (AvgIpc) is 2.91. The molecule has 0 unspecified atom stereocenters. The Labute approximate surface area is 226 Å².